The van der Waals surface area contributed by atoms with Crippen LogP contribution in [0, 0.1) is 0 Å². The second-order valence-electron chi connectivity index (χ2n) is 4.10. The summed E-state index contributed by atoms with van der Waals surface area (Å²) in [6.07, 6.45) is 1.38. The summed E-state index contributed by atoms with van der Waals surface area (Å²) in [5.41, 5.74) is -0.250. The van der Waals surface area contributed by atoms with E-state index in [2.05, 4.69) is 20.6 Å². The van der Waals surface area contributed by atoms with Crippen molar-refractivity contribution in [2.75, 3.05) is 0 Å². The van der Waals surface area contributed by atoms with Gasteiger partial charge in [0.1, 0.15) is 12.2 Å². The fourth-order valence-electron chi connectivity index (χ4n) is 1.57. The van der Waals surface area contributed by atoms with Gasteiger partial charge in [-0.25, -0.2) is 4.68 Å². The quantitative estimate of drug-likeness (QED) is 0.534. The van der Waals surface area contributed by atoms with Gasteiger partial charge in [-0.15, -0.1) is 5.10 Å². The second kappa shape index (κ2) is 5.86. The molecule has 2 aromatic heterocycles. The molecule has 0 radical (unpaired) electrons. The lowest BCUT2D eigenvalue weighted by Crippen LogP contribution is -2.24. The van der Waals surface area contributed by atoms with Crippen LogP contribution in [0.3, 0.4) is 0 Å². The van der Waals surface area contributed by atoms with Crippen LogP contribution in [0.5, 0.6) is 5.88 Å². The molecule has 0 atom stereocenters. The zero-order chi connectivity index (χ0) is 15.4. The third kappa shape index (κ3) is 3.89. The van der Waals surface area contributed by atoms with E-state index in [-0.39, 0.29) is 18.7 Å². The van der Waals surface area contributed by atoms with Crippen molar-refractivity contribution in [2.45, 2.75) is 13.1 Å². The Morgan fingerprint density at radius 3 is 2.81 bits per heavy atom. The highest BCUT2D eigenvalue weighted by Crippen LogP contribution is 2.04. The van der Waals surface area contributed by atoms with E-state index in [0.29, 0.717) is 5.69 Å². The van der Waals surface area contributed by atoms with E-state index in [4.69, 9.17) is 5.11 Å². The topological polar surface area (TPSA) is 150 Å². The predicted molar refractivity (Wildman–Crippen MR) is 67.6 cm³/mol. The number of hydrogen-bond acceptors (Lipinski definition) is 6. The molecule has 10 heteroatoms. The highest BCUT2D eigenvalue weighted by atomic mass is 16.4. The molecule has 2 heterocycles. The first kappa shape index (κ1) is 14.2. The predicted octanol–water partition coefficient (Wildman–Crippen LogP) is -1.31. The van der Waals surface area contributed by atoms with Gasteiger partial charge in [-0.1, -0.05) is 5.21 Å². The summed E-state index contributed by atoms with van der Waals surface area (Å²) in [7, 11) is 0. The number of carbonyl (C=O) groups is 2. The molecule has 4 N–H and O–H groups in total. The van der Waals surface area contributed by atoms with Crippen molar-refractivity contribution < 1.29 is 19.8 Å². The number of carboxylic acid groups (broad SMARTS) is 1. The van der Waals surface area contributed by atoms with Gasteiger partial charge in [0.15, 0.2) is 5.88 Å². The number of hydrogen-bond donors (Lipinski definition) is 4. The van der Waals surface area contributed by atoms with Gasteiger partial charge in [0.25, 0.3) is 11.5 Å². The largest absolute Gasteiger partial charge is 0.494 e. The van der Waals surface area contributed by atoms with Gasteiger partial charge in [-0.05, 0) is 0 Å². The Hall–Kier alpha value is -3.17. The van der Waals surface area contributed by atoms with Crippen LogP contribution < -0.4 is 10.9 Å². The van der Waals surface area contributed by atoms with E-state index in [0.717, 1.165) is 16.8 Å². The smallest absolute Gasteiger partial charge is 0.325 e. The van der Waals surface area contributed by atoms with Crippen LogP contribution in [0.25, 0.3) is 0 Å². The summed E-state index contributed by atoms with van der Waals surface area (Å²) >= 11 is 0. The maximum absolute atomic E-state index is 11.8. The number of aromatic nitrogens is 4. The zero-order valence-electron chi connectivity index (χ0n) is 10.6. The highest BCUT2D eigenvalue weighted by molar-refractivity contribution is 5.94. The van der Waals surface area contributed by atoms with Crippen LogP contribution in [0.2, 0.25) is 0 Å². The molecule has 0 bridgehead atoms. The summed E-state index contributed by atoms with van der Waals surface area (Å²) < 4.78 is 1.11. The lowest BCUT2D eigenvalue weighted by Gasteiger charge is -2.02. The van der Waals surface area contributed by atoms with E-state index >= 15 is 0 Å². The molecule has 2 rings (SSSR count). The van der Waals surface area contributed by atoms with Crippen molar-refractivity contribution in [3.8, 4) is 5.88 Å². The van der Waals surface area contributed by atoms with Crippen LogP contribution in [0.4, 0.5) is 0 Å². The molecule has 0 aliphatic heterocycles. The number of nitrogens with zero attached hydrogens (tertiary/aromatic N) is 3. The maximum Gasteiger partial charge on any atom is 0.325 e. The number of aromatic amines is 1. The van der Waals surface area contributed by atoms with Crippen molar-refractivity contribution in [3.05, 3.63) is 39.9 Å². The first-order valence-corrected chi connectivity index (χ1v) is 5.76. The van der Waals surface area contributed by atoms with Gasteiger partial charge in [-0.3, -0.25) is 19.4 Å². The molecule has 0 saturated carbocycles. The number of rotatable bonds is 5. The molecule has 2 aromatic rings. The Morgan fingerprint density at radius 2 is 2.14 bits per heavy atom. The minimum Gasteiger partial charge on any atom is -0.494 e. The Balaban J connectivity index is 1.99. The van der Waals surface area contributed by atoms with Crippen molar-refractivity contribution in [2.24, 2.45) is 0 Å². The van der Waals surface area contributed by atoms with Crippen molar-refractivity contribution in [1.29, 1.82) is 0 Å². The first-order chi connectivity index (χ1) is 9.94. The Labute approximate surface area is 117 Å². The molecule has 0 fully saturated rings. The molecular formula is C11H11N5O5. The number of nitrogens with one attached hydrogen (secondary N) is 2. The van der Waals surface area contributed by atoms with Crippen molar-refractivity contribution in [3.63, 3.8) is 0 Å². The number of aromatic hydroxyl groups is 1. The average molecular weight is 293 g/mol. The Bertz CT molecular complexity index is 735. The van der Waals surface area contributed by atoms with E-state index in [1.54, 1.807) is 0 Å². The summed E-state index contributed by atoms with van der Waals surface area (Å²) in [6, 6.07) is 2.15. The van der Waals surface area contributed by atoms with E-state index in [1.807, 2.05) is 0 Å². The molecule has 1 amide bonds. The van der Waals surface area contributed by atoms with E-state index in [1.165, 1.54) is 6.20 Å². The Morgan fingerprint density at radius 1 is 1.38 bits per heavy atom. The van der Waals surface area contributed by atoms with Crippen molar-refractivity contribution >= 4 is 11.9 Å². The number of carboxylic acids is 1. The number of amides is 1. The molecule has 0 aliphatic carbocycles. The Kier molecular flexibility index (Phi) is 3.97. The summed E-state index contributed by atoms with van der Waals surface area (Å²) in [6.45, 7) is -0.325. The number of pyridine rings is 1. The zero-order valence-corrected chi connectivity index (χ0v) is 10.6. The van der Waals surface area contributed by atoms with Crippen molar-refractivity contribution in [1.82, 2.24) is 25.3 Å². The minimum atomic E-state index is -1.06. The van der Waals surface area contributed by atoms with Crippen LogP contribution in [-0.4, -0.2) is 42.1 Å². The van der Waals surface area contributed by atoms with Gasteiger partial charge < -0.3 is 15.5 Å². The van der Waals surface area contributed by atoms with Crippen LogP contribution in [-0.2, 0) is 17.9 Å². The van der Waals surface area contributed by atoms with Gasteiger partial charge in [0.05, 0.1) is 18.3 Å². The molecule has 0 saturated heterocycles. The third-order valence-electron chi connectivity index (χ3n) is 2.41. The molecule has 0 aromatic carbocycles. The molecule has 0 unspecified atom stereocenters. The highest BCUT2D eigenvalue weighted by Gasteiger charge is 2.10. The molecule has 10 nitrogen and oxygen atoms in total. The normalized spacial score (nSPS) is 10.3. The van der Waals surface area contributed by atoms with E-state index < -0.39 is 23.3 Å². The maximum atomic E-state index is 11.8. The van der Waals surface area contributed by atoms with Crippen LogP contribution in [0.1, 0.15) is 16.1 Å². The van der Waals surface area contributed by atoms with Gasteiger partial charge in [0.2, 0.25) is 0 Å². The SMILES string of the molecule is O=C(O)Cn1cc(CNC(=O)c2cc(O)[nH]c(=O)c2)nn1. The van der Waals surface area contributed by atoms with Gasteiger partial charge >= 0.3 is 5.97 Å². The standard InChI is InChI=1S/C11H11N5O5/c17-8-1-6(2-9(18)13-8)11(21)12-3-7-4-16(15-14-7)5-10(19)20/h1-2,4H,3,5H2,(H,12,21)(H,19,20)(H2,13,17,18). The lowest BCUT2D eigenvalue weighted by atomic mass is 10.2. The fraction of sp³-hybridized carbons (Fsp3) is 0.182. The molecular weight excluding hydrogens is 282 g/mol. The molecule has 0 spiro atoms. The number of carbonyl (C=O) groups excluding carboxylic acids is 1. The average Bonchev–Trinajstić information content (AvgIpc) is 2.81. The third-order valence-corrected chi connectivity index (χ3v) is 2.41. The first-order valence-electron chi connectivity index (χ1n) is 5.76. The summed E-state index contributed by atoms with van der Waals surface area (Å²) in [4.78, 5) is 35.5. The molecule has 21 heavy (non-hydrogen) atoms. The molecule has 110 valence electrons. The van der Waals surface area contributed by atoms with Gasteiger partial charge in [0, 0.05) is 12.1 Å². The second-order valence-corrected chi connectivity index (χ2v) is 4.10. The van der Waals surface area contributed by atoms with Gasteiger partial charge in [-0.2, -0.15) is 0 Å². The lowest BCUT2D eigenvalue weighted by molar-refractivity contribution is -0.137. The number of H-pyrrole nitrogens is 1. The van der Waals surface area contributed by atoms with E-state index in [9.17, 15) is 19.5 Å². The fourth-order valence-corrected chi connectivity index (χ4v) is 1.57. The monoisotopic (exact) mass is 293 g/mol. The summed E-state index contributed by atoms with van der Waals surface area (Å²) in [5.74, 6) is -2.06. The summed E-state index contributed by atoms with van der Waals surface area (Å²) in [5, 5.41) is 27.5. The molecule has 0 aliphatic rings. The minimum absolute atomic E-state index is 0.00539. The number of aliphatic carboxylic acids is 1. The van der Waals surface area contributed by atoms with Crippen LogP contribution in [0.15, 0.2) is 23.1 Å². The van der Waals surface area contributed by atoms with Crippen LogP contribution >= 0.6 is 0 Å².